The number of nitrogens with zero attached hydrogens (tertiary/aromatic N) is 1. The van der Waals surface area contributed by atoms with E-state index in [0.29, 0.717) is 10.8 Å². The molecule has 1 fully saturated rings. The molecule has 162 valence electrons. The van der Waals surface area contributed by atoms with Crippen molar-refractivity contribution in [2.45, 2.75) is 26.4 Å². The van der Waals surface area contributed by atoms with Crippen LogP contribution in [0.5, 0.6) is 5.75 Å². The molecule has 3 amide bonds. The smallest absolute Gasteiger partial charge is 0.317 e. The molecule has 6 N–H and O–H groups in total. The third-order valence-electron chi connectivity index (χ3n) is 5.11. The van der Waals surface area contributed by atoms with Gasteiger partial charge in [0.1, 0.15) is 22.6 Å². The number of urea groups is 1. The van der Waals surface area contributed by atoms with Crippen LogP contribution < -0.4 is 26.8 Å². The lowest BCUT2D eigenvalue weighted by atomic mass is 10.0. The quantitative estimate of drug-likeness (QED) is 0.463. The number of aromatic nitrogens is 1. The standard InChI is InChI=1S/C21H23N5O4S/c1-10-18(11(2)30-26-10)12-3-4-14(16(7-12)29-13-5-6-24-9-13)17-8-15(19(22)27)20(31-17)25-21(23)28/h3-4,7-8,13,24H,5-6,9H2,1-2H3,(H2,22,27)(H3,23,25,28)/t13-/m1/s1. The number of primary amides is 2. The molecule has 1 aliphatic rings. The Balaban J connectivity index is 1.81. The predicted octanol–water partition coefficient (Wildman–Crippen LogP) is 3.02. The first-order chi connectivity index (χ1) is 14.8. The van der Waals surface area contributed by atoms with Crippen LogP contribution in [-0.2, 0) is 0 Å². The van der Waals surface area contributed by atoms with E-state index in [0.717, 1.165) is 52.5 Å². The Morgan fingerprint density at radius 2 is 2.10 bits per heavy atom. The lowest BCUT2D eigenvalue weighted by Gasteiger charge is -2.17. The normalized spacial score (nSPS) is 15.7. The lowest BCUT2D eigenvalue weighted by molar-refractivity contribution is 0.100. The molecule has 1 aliphatic heterocycles. The molecule has 0 bridgehead atoms. The van der Waals surface area contributed by atoms with Crippen LogP contribution in [0.4, 0.5) is 9.80 Å². The van der Waals surface area contributed by atoms with E-state index < -0.39 is 11.9 Å². The van der Waals surface area contributed by atoms with Crippen LogP contribution in [0.1, 0.15) is 28.2 Å². The van der Waals surface area contributed by atoms with E-state index in [1.807, 2.05) is 32.0 Å². The molecule has 3 heterocycles. The number of nitrogens with one attached hydrogen (secondary N) is 2. The maximum Gasteiger partial charge on any atom is 0.317 e. The average Bonchev–Trinajstić information content (AvgIpc) is 3.43. The van der Waals surface area contributed by atoms with Gasteiger partial charge in [-0.05, 0) is 50.6 Å². The van der Waals surface area contributed by atoms with Gasteiger partial charge in [-0.25, -0.2) is 4.79 Å². The predicted molar refractivity (Wildman–Crippen MR) is 118 cm³/mol. The Labute approximate surface area is 182 Å². The zero-order valence-electron chi connectivity index (χ0n) is 17.2. The fourth-order valence-electron chi connectivity index (χ4n) is 3.69. The maximum absolute atomic E-state index is 11.9. The summed E-state index contributed by atoms with van der Waals surface area (Å²) >= 11 is 1.21. The first-order valence-electron chi connectivity index (χ1n) is 9.78. The third-order valence-corrected chi connectivity index (χ3v) is 6.20. The first kappa shape index (κ1) is 20.9. The van der Waals surface area contributed by atoms with E-state index in [1.165, 1.54) is 11.3 Å². The van der Waals surface area contributed by atoms with Crippen molar-refractivity contribution in [3.05, 3.63) is 41.3 Å². The van der Waals surface area contributed by atoms with Crippen molar-refractivity contribution in [1.82, 2.24) is 10.5 Å². The maximum atomic E-state index is 11.9. The highest BCUT2D eigenvalue weighted by Gasteiger charge is 2.23. The van der Waals surface area contributed by atoms with Gasteiger partial charge in [-0.1, -0.05) is 11.2 Å². The fraction of sp³-hybridized carbons (Fsp3) is 0.286. The van der Waals surface area contributed by atoms with Crippen LogP contribution in [0, 0.1) is 13.8 Å². The Morgan fingerprint density at radius 3 is 2.71 bits per heavy atom. The second-order valence-corrected chi connectivity index (χ2v) is 8.40. The minimum Gasteiger partial charge on any atom is -0.488 e. The molecule has 4 rings (SSSR count). The van der Waals surface area contributed by atoms with Crippen molar-refractivity contribution in [3.63, 3.8) is 0 Å². The molecule has 3 aromatic rings. The number of hydrogen-bond acceptors (Lipinski definition) is 7. The molecule has 1 aromatic carbocycles. The average molecular weight is 442 g/mol. The molecule has 0 aliphatic carbocycles. The number of carbonyl (C=O) groups is 2. The molecule has 0 radical (unpaired) electrons. The van der Waals surface area contributed by atoms with Crippen LogP contribution in [0.3, 0.4) is 0 Å². The van der Waals surface area contributed by atoms with Crippen molar-refractivity contribution in [2.75, 3.05) is 18.4 Å². The van der Waals surface area contributed by atoms with Gasteiger partial charge in [0.25, 0.3) is 5.91 Å². The number of amides is 3. The van der Waals surface area contributed by atoms with Gasteiger partial charge in [0.15, 0.2) is 0 Å². The summed E-state index contributed by atoms with van der Waals surface area (Å²) in [7, 11) is 0. The topological polar surface area (TPSA) is 146 Å². The Morgan fingerprint density at radius 1 is 1.29 bits per heavy atom. The molecule has 0 spiro atoms. The third kappa shape index (κ3) is 4.25. The molecule has 1 atom stereocenters. The zero-order valence-corrected chi connectivity index (χ0v) is 18.0. The number of ether oxygens (including phenoxy) is 1. The van der Waals surface area contributed by atoms with E-state index in [-0.39, 0.29) is 11.7 Å². The number of aryl methyl sites for hydroxylation is 2. The van der Waals surface area contributed by atoms with Crippen LogP contribution in [0.15, 0.2) is 28.8 Å². The number of hydrogen-bond donors (Lipinski definition) is 4. The highest BCUT2D eigenvalue weighted by molar-refractivity contribution is 7.20. The SMILES string of the molecule is Cc1noc(C)c1-c1ccc(-c2cc(C(N)=O)c(NC(N)=O)s2)c(O[C@@H]2CCNC2)c1. The Bertz CT molecular complexity index is 1130. The van der Waals surface area contributed by atoms with Gasteiger partial charge in [-0.15, -0.1) is 11.3 Å². The van der Waals surface area contributed by atoms with E-state index in [2.05, 4.69) is 15.8 Å². The van der Waals surface area contributed by atoms with Crippen molar-refractivity contribution in [2.24, 2.45) is 11.5 Å². The molecule has 2 aromatic heterocycles. The lowest BCUT2D eigenvalue weighted by Crippen LogP contribution is -2.21. The van der Waals surface area contributed by atoms with E-state index in [9.17, 15) is 9.59 Å². The molecule has 0 unspecified atom stereocenters. The monoisotopic (exact) mass is 441 g/mol. The fourth-order valence-corrected chi connectivity index (χ4v) is 4.79. The minimum absolute atomic E-state index is 0.0254. The van der Waals surface area contributed by atoms with Gasteiger partial charge in [0.05, 0.1) is 11.3 Å². The first-order valence-corrected chi connectivity index (χ1v) is 10.6. The number of thiophene rings is 1. The molecule has 31 heavy (non-hydrogen) atoms. The number of anilines is 1. The van der Waals surface area contributed by atoms with Crippen molar-refractivity contribution in [3.8, 4) is 27.3 Å². The molecule has 0 saturated carbocycles. The second kappa shape index (κ2) is 8.40. The van der Waals surface area contributed by atoms with Gasteiger partial charge in [-0.3, -0.25) is 10.1 Å². The summed E-state index contributed by atoms with van der Waals surface area (Å²) in [5.41, 5.74) is 14.3. The highest BCUT2D eigenvalue weighted by Crippen LogP contribution is 2.42. The molecular formula is C21H23N5O4S. The minimum atomic E-state index is -0.766. The summed E-state index contributed by atoms with van der Waals surface area (Å²) in [6.07, 6.45) is 0.915. The zero-order chi connectivity index (χ0) is 22.1. The molecular weight excluding hydrogens is 418 g/mol. The largest absolute Gasteiger partial charge is 0.488 e. The van der Waals surface area contributed by atoms with Crippen molar-refractivity contribution in [1.29, 1.82) is 0 Å². The van der Waals surface area contributed by atoms with Crippen molar-refractivity contribution >= 4 is 28.3 Å². The summed E-state index contributed by atoms with van der Waals surface area (Å²) in [5, 5.41) is 10.1. The molecule has 9 nitrogen and oxygen atoms in total. The van der Waals surface area contributed by atoms with Gasteiger partial charge in [-0.2, -0.15) is 0 Å². The summed E-state index contributed by atoms with van der Waals surface area (Å²) in [6, 6.07) is 6.70. The van der Waals surface area contributed by atoms with Gasteiger partial charge in [0, 0.05) is 22.5 Å². The summed E-state index contributed by atoms with van der Waals surface area (Å²) in [6.45, 7) is 5.40. The number of rotatable bonds is 6. The van der Waals surface area contributed by atoms with Gasteiger partial charge >= 0.3 is 6.03 Å². The second-order valence-electron chi connectivity index (χ2n) is 7.35. The Hall–Kier alpha value is -3.37. The highest BCUT2D eigenvalue weighted by atomic mass is 32.1. The Kier molecular flexibility index (Phi) is 5.66. The van der Waals surface area contributed by atoms with Crippen LogP contribution >= 0.6 is 11.3 Å². The van der Waals surface area contributed by atoms with E-state index in [4.69, 9.17) is 20.7 Å². The van der Waals surface area contributed by atoms with Gasteiger partial charge < -0.3 is 26.0 Å². The summed E-state index contributed by atoms with van der Waals surface area (Å²) < 4.78 is 11.7. The van der Waals surface area contributed by atoms with Crippen molar-refractivity contribution < 1.29 is 18.8 Å². The number of benzene rings is 1. The van der Waals surface area contributed by atoms with Gasteiger partial charge in [0.2, 0.25) is 0 Å². The summed E-state index contributed by atoms with van der Waals surface area (Å²) in [4.78, 5) is 23.9. The number of carbonyl (C=O) groups excluding carboxylic acids is 2. The van der Waals surface area contributed by atoms with E-state index >= 15 is 0 Å². The summed E-state index contributed by atoms with van der Waals surface area (Å²) in [5.74, 6) is 0.731. The number of nitrogens with two attached hydrogens (primary N) is 2. The van der Waals surface area contributed by atoms with Crippen LogP contribution in [0.25, 0.3) is 21.6 Å². The molecule has 1 saturated heterocycles. The molecule has 10 heteroatoms. The van der Waals surface area contributed by atoms with Crippen LogP contribution in [-0.4, -0.2) is 36.3 Å². The van der Waals surface area contributed by atoms with Crippen LogP contribution in [0.2, 0.25) is 0 Å². The van der Waals surface area contributed by atoms with E-state index in [1.54, 1.807) is 6.07 Å².